The van der Waals surface area contributed by atoms with E-state index >= 15 is 0 Å². The van der Waals surface area contributed by atoms with Crippen molar-refractivity contribution in [2.45, 2.75) is 65.1 Å². The number of hydrogen-bond donors (Lipinski definition) is 3. The molecule has 2 atom stereocenters. The minimum Gasteiger partial charge on any atom is -0.393 e. The number of aliphatic hydroxyl groups excluding tert-OH is 1. The standard InChI is InChI=1S/C26H32N8O2/c1-4-21-26(30-17-5-6-19(35)9-17)32-23-20(12-28-25(27)24(23)31-21)16-11-29-34(14-16)18-7-8-33(13-15(2)3)22(36)10-18/h7-8,10-12,14-15,17,19,35H,4-6,9,13H2,1-3H3,(H2,27,28)(H,30,32)/t17-,19+/m1/s1. The Bertz CT molecular complexity index is 1460. The van der Waals surface area contributed by atoms with Crippen LogP contribution >= 0.6 is 0 Å². The van der Waals surface area contributed by atoms with Gasteiger partial charge in [0.2, 0.25) is 0 Å². The molecule has 4 N–H and O–H groups in total. The Kier molecular flexibility index (Phi) is 6.44. The van der Waals surface area contributed by atoms with Crippen LogP contribution in [0, 0.1) is 5.92 Å². The second-order valence-electron chi connectivity index (χ2n) is 9.88. The Balaban J connectivity index is 1.53. The highest BCUT2D eigenvalue weighted by atomic mass is 16.3. The van der Waals surface area contributed by atoms with Gasteiger partial charge in [-0.05, 0) is 37.7 Å². The van der Waals surface area contributed by atoms with Crippen LogP contribution in [0.15, 0.2) is 41.7 Å². The number of nitrogen functional groups attached to an aromatic ring is 1. The number of aliphatic hydroxyl groups is 1. The number of aryl methyl sites for hydroxylation is 1. The third-order valence-electron chi connectivity index (χ3n) is 6.58. The second kappa shape index (κ2) is 9.69. The highest BCUT2D eigenvalue weighted by Gasteiger charge is 2.24. The number of aromatic nitrogens is 6. The van der Waals surface area contributed by atoms with Gasteiger partial charge in [-0.3, -0.25) is 4.79 Å². The first-order valence-electron chi connectivity index (χ1n) is 12.5. The number of nitrogens with one attached hydrogen (secondary N) is 1. The van der Waals surface area contributed by atoms with Crippen LogP contribution in [0.1, 0.15) is 45.7 Å². The van der Waals surface area contributed by atoms with E-state index in [4.69, 9.17) is 15.7 Å². The first-order valence-corrected chi connectivity index (χ1v) is 12.5. The van der Waals surface area contributed by atoms with Gasteiger partial charge in [-0.2, -0.15) is 5.10 Å². The minimum absolute atomic E-state index is 0.0661. The summed E-state index contributed by atoms with van der Waals surface area (Å²) in [6, 6.07) is 3.62. The molecule has 1 fully saturated rings. The van der Waals surface area contributed by atoms with Gasteiger partial charge < -0.3 is 20.7 Å². The molecular formula is C26H32N8O2. The van der Waals surface area contributed by atoms with E-state index in [-0.39, 0.29) is 17.7 Å². The Hall–Kier alpha value is -3.79. The zero-order chi connectivity index (χ0) is 25.4. The van der Waals surface area contributed by atoms with E-state index in [0.717, 1.165) is 29.7 Å². The Labute approximate surface area is 209 Å². The van der Waals surface area contributed by atoms with Crippen LogP contribution < -0.4 is 16.6 Å². The van der Waals surface area contributed by atoms with Crippen LogP contribution in [0.4, 0.5) is 11.6 Å². The number of fused-ring (bicyclic) bond motifs is 1. The van der Waals surface area contributed by atoms with Gasteiger partial charge in [0.1, 0.15) is 16.9 Å². The van der Waals surface area contributed by atoms with Crippen molar-refractivity contribution in [2.75, 3.05) is 11.1 Å². The van der Waals surface area contributed by atoms with Crippen molar-refractivity contribution < 1.29 is 5.11 Å². The lowest BCUT2D eigenvalue weighted by molar-refractivity contribution is 0.182. The zero-order valence-corrected chi connectivity index (χ0v) is 20.8. The molecule has 1 aliphatic carbocycles. The molecule has 0 spiro atoms. The third-order valence-corrected chi connectivity index (χ3v) is 6.58. The van der Waals surface area contributed by atoms with Gasteiger partial charge in [0.25, 0.3) is 5.56 Å². The van der Waals surface area contributed by atoms with Crippen LogP contribution in [0.25, 0.3) is 27.8 Å². The maximum atomic E-state index is 12.6. The predicted octanol–water partition coefficient (Wildman–Crippen LogP) is 3.17. The second-order valence-corrected chi connectivity index (χ2v) is 9.88. The number of hydrogen-bond acceptors (Lipinski definition) is 8. The largest absolute Gasteiger partial charge is 0.393 e. The monoisotopic (exact) mass is 488 g/mol. The molecule has 10 nitrogen and oxygen atoms in total. The molecule has 0 unspecified atom stereocenters. The van der Waals surface area contributed by atoms with E-state index < -0.39 is 0 Å². The topological polar surface area (TPSA) is 137 Å². The van der Waals surface area contributed by atoms with Gasteiger partial charge >= 0.3 is 0 Å². The van der Waals surface area contributed by atoms with Crippen molar-refractivity contribution in [3.05, 3.63) is 53.0 Å². The summed E-state index contributed by atoms with van der Waals surface area (Å²) >= 11 is 0. The molecule has 4 aromatic rings. The third kappa shape index (κ3) is 4.68. The minimum atomic E-state index is -0.283. The molecule has 0 radical (unpaired) electrons. The lowest BCUT2D eigenvalue weighted by Crippen LogP contribution is -2.21. The number of nitrogens with two attached hydrogens (primary N) is 1. The average Bonchev–Trinajstić information content (AvgIpc) is 3.49. The Morgan fingerprint density at radius 2 is 2.06 bits per heavy atom. The predicted molar refractivity (Wildman–Crippen MR) is 140 cm³/mol. The summed E-state index contributed by atoms with van der Waals surface area (Å²) in [5, 5.41) is 17.9. The molecule has 10 heteroatoms. The summed E-state index contributed by atoms with van der Waals surface area (Å²) in [5.41, 5.74) is 10.3. The van der Waals surface area contributed by atoms with E-state index in [1.807, 2.05) is 19.2 Å². The molecule has 0 aliphatic heterocycles. The molecule has 0 aromatic carbocycles. The summed E-state index contributed by atoms with van der Waals surface area (Å²) in [6.45, 7) is 6.85. The van der Waals surface area contributed by atoms with Crippen LogP contribution in [0.3, 0.4) is 0 Å². The van der Waals surface area contributed by atoms with Gasteiger partial charge in [-0.25, -0.2) is 19.6 Å². The van der Waals surface area contributed by atoms with Crippen molar-refractivity contribution in [1.82, 2.24) is 29.3 Å². The fourth-order valence-electron chi connectivity index (χ4n) is 4.74. The van der Waals surface area contributed by atoms with E-state index in [1.54, 1.807) is 33.9 Å². The Morgan fingerprint density at radius 1 is 1.22 bits per heavy atom. The lowest BCUT2D eigenvalue weighted by atomic mass is 10.1. The molecular weight excluding hydrogens is 456 g/mol. The van der Waals surface area contributed by atoms with Crippen LogP contribution in [0.2, 0.25) is 0 Å². The fourth-order valence-corrected chi connectivity index (χ4v) is 4.74. The van der Waals surface area contributed by atoms with Crippen molar-refractivity contribution in [2.24, 2.45) is 5.92 Å². The van der Waals surface area contributed by atoms with Crippen LogP contribution in [-0.2, 0) is 13.0 Å². The maximum Gasteiger partial charge on any atom is 0.252 e. The molecule has 0 amide bonds. The van der Waals surface area contributed by atoms with Crippen molar-refractivity contribution in [3.8, 4) is 16.8 Å². The summed E-state index contributed by atoms with van der Waals surface area (Å²) in [6.07, 6.45) is 9.82. The molecule has 4 heterocycles. The SMILES string of the molecule is CCc1nc2c(N)ncc(-c3cnn(-c4ccn(CC(C)C)c(=O)c4)c3)c2nc1N[C@@H]1CC[C@H](O)C1. The highest BCUT2D eigenvalue weighted by Crippen LogP contribution is 2.32. The smallest absolute Gasteiger partial charge is 0.252 e. The van der Waals surface area contributed by atoms with E-state index in [1.165, 1.54) is 0 Å². The molecule has 1 aliphatic rings. The van der Waals surface area contributed by atoms with E-state index in [2.05, 4.69) is 29.2 Å². The summed E-state index contributed by atoms with van der Waals surface area (Å²) < 4.78 is 3.38. The van der Waals surface area contributed by atoms with Crippen LogP contribution in [0.5, 0.6) is 0 Å². The van der Waals surface area contributed by atoms with Crippen molar-refractivity contribution in [3.63, 3.8) is 0 Å². The fraction of sp³-hybridized carbons (Fsp3) is 0.423. The average molecular weight is 489 g/mol. The first-order chi connectivity index (χ1) is 17.3. The molecule has 5 rings (SSSR count). The maximum absolute atomic E-state index is 12.6. The van der Waals surface area contributed by atoms with Gasteiger partial charge in [0, 0.05) is 48.4 Å². The van der Waals surface area contributed by atoms with Gasteiger partial charge in [-0.15, -0.1) is 0 Å². The zero-order valence-electron chi connectivity index (χ0n) is 20.8. The first kappa shape index (κ1) is 23.9. The quantitative estimate of drug-likeness (QED) is 0.361. The van der Waals surface area contributed by atoms with Crippen molar-refractivity contribution >= 4 is 22.7 Å². The molecule has 0 saturated heterocycles. The van der Waals surface area contributed by atoms with Crippen molar-refractivity contribution in [1.29, 1.82) is 0 Å². The van der Waals surface area contributed by atoms with Crippen LogP contribution in [-0.4, -0.2) is 46.6 Å². The van der Waals surface area contributed by atoms with Gasteiger partial charge in [0.05, 0.1) is 23.7 Å². The molecule has 0 bridgehead atoms. The van der Waals surface area contributed by atoms with Gasteiger partial charge in [0.15, 0.2) is 5.82 Å². The van der Waals surface area contributed by atoms with Gasteiger partial charge in [-0.1, -0.05) is 20.8 Å². The normalized spacial score (nSPS) is 17.8. The number of anilines is 2. The number of nitrogens with zero attached hydrogens (tertiary/aromatic N) is 6. The lowest BCUT2D eigenvalue weighted by Gasteiger charge is -2.17. The molecule has 4 aromatic heterocycles. The van der Waals surface area contributed by atoms with E-state index in [9.17, 15) is 9.90 Å². The molecule has 36 heavy (non-hydrogen) atoms. The van der Waals surface area contributed by atoms with E-state index in [0.29, 0.717) is 53.7 Å². The summed E-state index contributed by atoms with van der Waals surface area (Å²) in [4.78, 5) is 26.7. The Morgan fingerprint density at radius 3 is 2.75 bits per heavy atom. The number of rotatable bonds is 7. The highest BCUT2D eigenvalue weighted by molar-refractivity contribution is 5.96. The number of pyridine rings is 2. The summed E-state index contributed by atoms with van der Waals surface area (Å²) in [7, 11) is 0. The summed E-state index contributed by atoms with van der Waals surface area (Å²) in [5.74, 6) is 1.40. The molecule has 188 valence electrons. The molecule has 1 saturated carbocycles.